The zero-order valence-corrected chi connectivity index (χ0v) is 15.4. The van der Waals surface area contributed by atoms with Gasteiger partial charge in [0, 0.05) is 19.0 Å². The molecule has 1 atom stereocenters. The van der Waals surface area contributed by atoms with Crippen molar-refractivity contribution in [2.75, 3.05) is 18.1 Å². The molecular weight excluding hydrogens is 328 g/mol. The van der Waals surface area contributed by atoms with Crippen molar-refractivity contribution in [3.63, 3.8) is 0 Å². The number of nitrogens with zero attached hydrogens (tertiary/aromatic N) is 1. The van der Waals surface area contributed by atoms with Gasteiger partial charge in [-0.1, -0.05) is 30.3 Å². The molecule has 26 heavy (non-hydrogen) atoms. The summed E-state index contributed by atoms with van der Waals surface area (Å²) in [5.74, 6) is 0.542. The van der Waals surface area contributed by atoms with Crippen LogP contribution in [0.15, 0.2) is 42.5 Å². The second-order valence-corrected chi connectivity index (χ2v) is 6.60. The Kier molecular flexibility index (Phi) is 5.26. The van der Waals surface area contributed by atoms with E-state index in [0.29, 0.717) is 19.6 Å². The number of ether oxygens (including phenoxy) is 1. The molecule has 136 valence electrons. The van der Waals surface area contributed by atoms with E-state index >= 15 is 0 Å². The van der Waals surface area contributed by atoms with Gasteiger partial charge in [0.15, 0.2) is 0 Å². The van der Waals surface area contributed by atoms with Crippen molar-refractivity contribution in [2.24, 2.45) is 0 Å². The highest BCUT2D eigenvalue weighted by Crippen LogP contribution is 2.40. The number of hydrogen-bond acceptors (Lipinski definition) is 3. The molecule has 0 saturated heterocycles. The minimum absolute atomic E-state index is 0.0766. The van der Waals surface area contributed by atoms with Gasteiger partial charge >= 0.3 is 0 Å². The first-order chi connectivity index (χ1) is 12.5. The molecule has 0 aromatic heterocycles. The van der Waals surface area contributed by atoms with Crippen LogP contribution in [0.1, 0.15) is 36.1 Å². The van der Waals surface area contributed by atoms with E-state index in [4.69, 9.17) is 4.74 Å². The fourth-order valence-electron chi connectivity index (χ4n) is 3.42. The molecule has 1 aliphatic rings. The average Bonchev–Trinajstić information content (AvgIpc) is 2.89. The molecule has 3 rings (SSSR count). The number of benzene rings is 2. The van der Waals surface area contributed by atoms with E-state index in [1.165, 1.54) is 6.92 Å². The minimum atomic E-state index is -0.600. The summed E-state index contributed by atoms with van der Waals surface area (Å²) in [5.41, 5.74) is 3.89. The number of anilines is 1. The molecule has 0 radical (unpaired) electrons. The van der Waals surface area contributed by atoms with E-state index < -0.39 is 6.04 Å². The lowest BCUT2D eigenvalue weighted by Crippen LogP contribution is -2.37. The molecule has 0 fully saturated rings. The van der Waals surface area contributed by atoms with Crippen molar-refractivity contribution in [1.29, 1.82) is 0 Å². The van der Waals surface area contributed by atoms with Gasteiger partial charge in [0.05, 0.1) is 12.3 Å². The first-order valence-electron chi connectivity index (χ1n) is 8.85. The van der Waals surface area contributed by atoms with Crippen LogP contribution < -0.4 is 15.0 Å². The second-order valence-electron chi connectivity index (χ2n) is 6.60. The summed E-state index contributed by atoms with van der Waals surface area (Å²) in [6, 6.07) is 13.0. The number of para-hydroxylation sites is 1. The maximum atomic E-state index is 12.9. The van der Waals surface area contributed by atoms with Crippen molar-refractivity contribution in [2.45, 2.75) is 33.2 Å². The van der Waals surface area contributed by atoms with Crippen molar-refractivity contribution < 1.29 is 14.3 Å². The summed E-state index contributed by atoms with van der Waals surface area (Å²) in [7, 11) is 0. The number of carbonyl (C=O) groups is 2. The number of carbonyl (C=O) groups excluding carboxylic acids is 2. The predicted octanol–water partition coefficient (Wildman–Crippen LogP) is 3.30. The molecule has 2 aromatic rings. The summed E-state index contributed by atoms with van der Waals surface area (Å²) >= 11 is 0. The zero-order chi connectivity index (χ0) is 18.7. The molecular formula is C21H24N2O3. The Morgan fingerprint density at radius 3 is 2.50 bits per heavy atom. The molecule has 1 heterocycles. The molecule has 5 nitrogen and oxygen atoms in total. The summed E-state index contributed by atoms with van der Waals surface area (Å²) in [6.45, 7) is 6.49. The first-order valence-corrected chi connectivity index (χ1v) is 8.85. The standard InChI is InChI=1S/C21H24N2O3/c1-14-10-11-15(2)20-18(14)19(22-16(3)24)21(25)23(20)12-7-13-26-17-8-5-4-6-9-17/h4-6,8-11,19H,7,12-13H2,1-3H3,(H,22,24)/t19-/m0/s1. The monoisotopic (exact) mass is 352 g/mol. The van der Waals surface area contributed by atoms with Gasteiger partial charge in [0.1, 0.15) is 11.8 Å². The largest absolute Gasteiger partial charge is 0.494 e. The Morgan fingerprint density at radius 2 is 1.81 bits per heavy atom. The van der Waals surface area contributed by atoms with E-state index in [2.05, 4.69) is 5.32 Å². The molecule has 0 aliphatic carbocycles. The van der Waals surface area contributed by atoms with E-state index in [9.17, 15) is 9.59 Å². The normalized spacial score (nSPS) is 15.7. The van der Waals surface area contributed by atoms with Crippen LogP contribution >= 0.6 is 0 Å². The Morgan fingerprint density at radius 1 is 1.12 bits per heavy atom. The van der Waals surface area contributed by atoms with E-state index in [1.807, 2.05) is 56.3 Å². The van der Waals surface area contributed by atoms with Gasteiger partial charge < -0.3 is 15.0 Å². The van der Waals surface area contributed by atoms with Crippen LogP contribution in [0, 0.1) is 13.8 Å². The predicted molar refractivity (Wildman–Crippen MR) is 101 cm³/mol. The lowest BCUT2D eigenvalue weighted by atomic mass is 9.99. The quantitative estimate of drug-likeness (QED) is 0.812. The lowest BCUT2D eigenvalue weighted by Gasteiger charge is -2.20. The van der Waals surface area contributed by atoms with Gasteiger partial charge in [-0.05, 0) is 43.5 Å². The summed E-state index contributed by atoms with van der Waals surface area (Å²) in [5, 5.41) is 2.80. The number of rotatable bonds is 6. The molecule has 0 spiro atoms. The smallest absolute Gasteiger partial charge is 0.254 e. The first kappa shape index (κ1) is 18.0. The summed E-state index contributed by atoms with van der Waals surface area (Å²) in [6.07, 6.45) is 0.709. The third kappa shape index (κ3) is 3.57. The van der Waals surface area contributed by atoms with Gasteiger partial charge in [-0.3, -0.25) is 9.59 Å². The number of fused-ring (bicyclic) bond motifs is 1. The number of amides is 2. The van der Waals surface area contributed by atoms with Crippen molar-refractivity contribution in [3.05, 3.63) is 59.2 Å². The zero-order valence-electron chi connectivity index (χ0n) is 15.4. The number of nitrogens with one attached hydrogen (secondary N) is 1. The molecule has 5 heteroatoms. The van der Waals surface area contributed by atoms with Crippen LogP contribution in [0.25, 0.3) is 0 Å². The number of aryl methyl sites for hydroxylation is 2. The van der Waals surface area contributed by atoms with E-state index in [-0.39, 0.29) is 11.8 Å². The highest BCUT2D eigenvalue weighted by molar-refractivity contribution is 6.07. The molecule has 0 unspecified atom stereocenters. The van der Waals surface area contributed by atoms with Crippen molar-refractivity contribution in [1.82, 2.24) is 5.32 Å². The van der Waals surface area contributed by atoms with Gasteiger partial charge in [-0.15, -0.1) is 0 Å². The SMILES string of the molecule is CC(=O)N[C@@H]1C(=O)N(CCCOc2ccccc2)c2c(C)ccc(C)c21. The fourth-order valence-corrected chi connectivity index (χ4v) is 3.42. The highest BCUT2D eigenvalue weighted by atomic mass is 16.5. The van der Waals surface area contributed by atoms with Gasteiger partial charge in [-0.25, -0.2) is 0 Å². The van der Waals surface area contributed by atoms with Gasteiger partial charge in [-0.2, -0.15) is 0 Å². The second kappa shape index (κ2) is 7.60. The van der Waals surface area contributed by atoms with Crippen molar-refractivity contribution >= 4 is 17.5 Å². The number of hydrogen-bond donors (Lipinski definition) is 1. The maximum absolute atomic E-state index is 12.9. The summed E-state index contributed by atoms with van der Waals surface area (Å²) < 4.78 is 5.73. The van der Waals surface area contributed by atoms with Crippen molar-refractivity contribution in [3.8, 4) is 5.75 Å². The Hall–Kier alpha value is -2.82. The lowest BCUT2D eigenvalue weighted by molar-refractivity contribution is -0.126. The average molecular weight is 352 g/mol. The molecule has 0 saturated carbocycles. The van der Waals surface area contributed by atoms with Crippen LogP contribution in [0.3, 0.4) is 0 Å². The van der Waals surface area contributed by atoms with Crippen LogP contribution in [-0.4, -0.2) is 25.0 Å². The summed E-state index contributed by atoms with van der Waals surface area (Å²) in [4.78, 5) is 26.3. The fraction of sp³-hybridized carbons (Fsp3) is 0.333. The van der Waals surface area contributed by atoms with Crippen LogP contribution in [0.2, 0.25) is 0 Å². The van der Waals surface area contributed by atoms with Gasteiger partial charge in [0.2, 0.25) is 5.91 Å². The molecule has 2 aromatic carbocycles. The molecule has 2 amide bonds. The molecule has 1 N–H and O–H groups in total. The van der Waals surface area contributed by atoms with E-state index in [1.54, 1.807) is 4.90 Å². The topological polar surface area (TPSA) is 58.6 Å². The third-order valence-electron chi connectivity index (χ3n) is 4.59. The third-order valence-corrected chi connectivity index (χ3v) is 4.59. The Bertz CT molecular complexity index is 818. The van der Waals surface area contributed by atoms with Crippen LogP contribution in [0.4, 0.5) is 5.69 Å². The molecule has 0 bridgehead atoms. The van der Waals surface area contributed by atoms with Crippen LogP contribution in [-0.2, 0) is 9.59 Å². The van der Waals surface area contributed by atoms with Gasteiger partial charge in [0.25, 0.3) is 5.91 Å². The van der Waals surface area contributed by atoms with Crippen LogP contribution in [0.5, 0.6) is 5.75 Å². The minimum Gasteiger partial charge on any atom is -0.494 e. The highest BCUT2D eigenvalue weighted by Gasteiger charge is 2.39. The molecule has 1 aliphatic heterocycles. The Labute approximate surface area is 154 Å². The van der Waals surface area contributed by atoms with E-state index in [0.717, 1.165) is 28.1 Å². The maximum Gasteiger partial charge on any atom is 0.254 e. The Balaban J connectivity index is 1.74.